The van der Waals surface area contributed by atoms with Crippen molar-refractivity contribution in [1.82, 2.24) is 0 Å². The Morgan fingerprint density at radius 3 is 3.00 bits per heavy atom. The molecule has 2 N–H and O–H groups in total. The summed E-state index contributed by atoms with van der Waals surface area (Å²) in [5, 5.41) is 2.17. The number of nitrogens with two attached hydrogens (primary N) is 1. The maximum absolute atomic E-state index is 5.84. The Morgan fingerprint density at radius 2 is 2.21 bits per heavy atom. The van der Waals surface area contributed by atoms with Crippen LogP contribution in [0.5, 0.6) is 0 Å². The third kappa shape index (κ3) is 2.55. The van der Waals surface area contributed by atoms with Crippen LogP contribution in [0.3, 0.4) is 0 Å². The Bertz CT molecular complexity index is 636. The minimum Gasteiger partial charge on any atom is -0.389 e. The van der Waals surface area contributed by atoms with Gasteiger partial charge < -0.3 is 10.6 Å². The van der Waals surface area contributed by atoms with Gasteiger partial charge in [0.1, 0.15) is 4.99 Å². The van der Waals surface area contributed by atoms with Crippen molar-refractivity contribution in [3.8, 4) is 0 Å². The van der Waals surface area contributed by atoms with Crippen LogP contribution in [-0.4, -0.2) is 11.5 Å². The maximum Gasteiger partial charge on any atom is 0.106 e. The lowest BCUT2D eigenvalue weighted by Crippen LogP contribution is -2.31. The van der Waals surface area contributed by atoms with Gasteiger partial charge in [0.05, 0.1) is 0 Å². The predicted octanol–water partition coefficient (Wildman–Crippen LogP) is 3.71. The molecule has 0 spiro atoms. The number of thiophene rings is 1. The fourth-order valence-corrected chi connectivity index (χ4v) is 3.84. The van der Waals surface area contributed by atoms with Gasteiger partial charge in [-0.05, 0) is 41.6 Å². The first kappa shape index (κ1) is 13.1. The van der Waals surface area contributed by atoms with E-state index < -0.39 is 0 Å². The second kappa shape index (κ2) is 5.23. The van der Waals surface area contributed by atoms with Crippen LogP contribution in [0.25, 0.3) is 0 Å². The van der Waals surface area contributed by atoms with Gasteiger partial charge in [0.2, 0.25) is 0 Å². The zero-order chi connectivity index (χ0) is 13.4. The van der Waals surface area contributed by atoms with Crippen LogP contribution < -0.4 is 10.6 Å². The molecular formula is C14H13BrN2S2. The highest BCUT2D eigenvalue weighted by atomic mass is 79.9. The van der Waals surface area contributed by atoms with Crippen molar-refractivity contribution in [2.45, 2.75) is 13.0 Å². The molecule has 0 saturated carbocycles. The van der Waals surface area contributed by atoms with E-state index in [1.807, 2.05) is 23.5 Å². The normalized spacial score (nSPS) is 14.3. The van der Waals surface area contributed by atoms with Gasteiger partial charge in [-0.1, -0.05) is 28.1 Å². The molecular weight excluding hydrogens is 340 g/mol. The topological polar surface area (TPSA) is 29.3 Å². The highest BCUT2D eigenvalue weighted by molar-refractivity contribution is 9.10. The molecule has 0 unspecified atom stereocenters. The first-order valence-corrected chi connectivity index (χ1v) is 8.13. The number of halogens is 1. The van der Waals surface area contributed by atoms with Gasteiger partial charge in [0.25, 0.3) is 0 Å². The Labute approximate surface area is 130 Å². The molecule has 0 saturated heterocycles. The molecule has 1 aliphatic heterocycles. The molecule has 0 fully saturated rings. The summed E-state index contributed by atoms with van der Waals surface area (Å²) in [6.45, 7) is 1.95. The Morgan fingerprint density at radius 1 is 1.37 bits per heavy atom. The molecule has 0 aliphatic carbocycles. The number of hydrogen-bond acceptors (Lipinski definition) is 3. The third-order valence-electron chi connectivity index (χ3n) is 3.37. The molecule has 0 atom stereocenters. The highest BCUT2D eigenvalue weighted by Gasteiger charge is 2.20. The molecule has 2 aromatic rings. The molecule has 1 aliphatic rings. The molecule has 0 bridgehead atoms. The lowest BCUT2D eigenvalue weighted by molar-refractivity contribution is 0.743. The minimum atomic E-state index is 0.457. The Hall–Kier alpha value is -0.910. The maximum atomic E-state index is 5.84. The molecule has 2 nitrogen and oxygen atoms in total. The van der Waals surface area contributed by atoms with Crippen LogP contribution in [0.1, 0.15) is 16.0 Å². The Balaban J connectivity index is 1.99. The second-order valence-corrected chi connectivity index (χ2v) is 6.92. The summed E-state index contributed by atoms with van der Waals surface area (Å²) in [6, 6.07) is 8.29. The van der Waals surface area contributed by atoms with Gasteiger partial charge in [0.15, 0.2) is 0 Å². The molecule has 2 heterocycles. The number of thiocarbonyl (C=S) groups is 1. The number of hydrogen-bond donors (Lipinski definition) is 1. The molecule has 19 heavy (non-hydrogen) atoms. The summed E-state index contributed by atoms with van der Waals surface area (Å²) in [5.41, 5.74) is 9.34. The van der Waals surface area contributed by atoms with Crippen molar-refractivity contribution in [3.63, 3.8) is 0 Å². The van der Waals surface area contributed by atoms with Crippen molar-refractivity contribution in [2.24, 2.45) is 5.73 Å². The molecule has 3 rings (SSSR count). The number of nitrogens with zero attached hydrogens (tertiary/aromatic N) is 1. The first-order valence-electron chi connectivity index (χ1n) is 6.04. The summed E-state index contributed by atoms with van der Waals surface area (Å²) < 4.78 is 1.05. The van der Waals surface area contributed by atoms with E-state index >= 15 is 0 Å². The molecule has 0 amide bonds. The van der Waals surface area contributed by atoms with Crippen molar-refractivity contribution < 1.29 is 0 Å². The zero-order valence-corrected chi connectivity index (χ0v) is 13.4. The fraction of sp³-hybridized carbons (Fsp3) is 0.214. The summed E-state index contributed by atoms with van der Waals surface area (Å²) in [6.07, 6.45) is 1.09. The second-order valence-electron chi connectivity index (χ2n) is 4.57. The molecule has 5 heteroatoms. The van der Waals surface area contributed by atoms with Crippen LogP contribution in [0, 0.1) is 0 Å². The van der Waals surface area contributed by atoms with Crippen molar-refractivity contribution in [3.05, 3.63) is 50.1 Å². The average molecular weight is 353 g/mol. The van der Waals surface area contributed by atoms with E-state index in [1.165, 1.54) is 10.4 Å². The zero-order valence-electron chi connectivity index (χ0n) is 10.2. The van der Waals surface area contributed by atoms with Gasteiger partial charge in [0, 0.05) is 33.7 Å². The SMILES string of the molecule is NC(=S)c1ccc(Br)cc1N1CCc2sccc2C1. The molecule has 98 valence electrons. The van der Waals surface area contributed by atoms with Crippen LogP contribution in [0.2, 0.25) is 0 Å². The molecule has 1 aromatic heterocycles. The van der Waals surface area contributed by atoms with Crippen molar-refractivity contribution in [1.29, 1.82) is 0 Å². The summed E-state index contributed by atoms with van der Waals surface area (Å²) in [7, 11) is 0. The van der Waals surface area contributed by atoms with Gasteiger partial charge in [-0.2, -0.15) is 0 Å². The van der Waals surface area contributed by atoms with E-state index in [1.54, 1.807) is 0 Å². The number of fused-ring (bicyclic) bond motifs is 1. The molecule has 0 radical (unpaired) electrons. The first-order chi connectivity index (χ1) is 9.15. The lowest BCUT2D eigenvalue weighted by Gasteiger charge is -2.30. The van der Waals surface area contributed by atoms with E-state index in [0.717, 1.165) is 35.2 Å². The van der Waals surface area contributed by atoms with E-state index in [0.29, 0.717) is 4.99 Å². The summed E-state index contributed by atoms with van der Waals surface area (Å²) in [4.78, 5) is 4.32. The van der Waals surface area contributed by atoms with E-state index in [9.17, 15) is 0 Å². The van der Waals surface area contributed by atoms with Crippen LogP contribution >= 0.6 is 39.5 Å². The quantitative estimate of drug-likeness (QED) is 0.835. The number of rotatable bonds is 2. The average Bonchev–Trinajstić information content (AvgIpc) is 2.85. The lowest BCUT2D eigenvalue weighted by atomic mass is 10.1. The smallest absolute Gasteiger partial charge is 0.106 e. The largest absolute Gasteiger partial charge is 0.389 e. The summed E-state index contributed by atoms with van der Waals surface area (Å²) >= 11 is 10.5. The summed E-state index contributed by atoms with van der Waals surface area (Å²) in [5.74, 6) is 0. The predicted molar refractivity (Wildman–Crippen MR) is 89.1 cm³/mol. The van der Waals surface area contributed by atoms with E-state index in [4.69, 9.17) is 18.0 Å². The fourth-order valence-electron chi connectivity index (χ4n) is 2.43. The number of benzene rings is 1. The standard InChI is InChI=1S/C14H13BrN2S2/c15-10-1-2-11(14(16)18)12(7-10)17-5-3-13-9(8-17)4-6-19-13/h1-2,4,6-7H,3,5,8H2,(H2,16,18). The van der Waals surface area contributed by atoms with E-state index in [-0.39, 0.29) is 0 Å². The minimum absolute atomic E-state index is 0.457. The van der Waals surface area contributed by atoms with Crippen molar-refractivity contribution in [2.75, 3.05) is 11.4 Å². The van der Waals surface area contributed by atoms with E-state index in [2.05, 4.69) is 38.3 Å². The van der Waals surface area contributed by atoms with Crippen LogP contribution in [0.15, 0.2) is 34.1 Å². The van der Waals surface area contributed by atoms with Crippen LogP contribution in [-0.2, 0) is 13.0 Å². The highest BCUT2D eigenvalue weighted by Crippen LogP contribution is 2.31. The van der Waals surface area contributed by atoms with Crippen molar-refractivity contribution >= 4 is 50.2 Å². The monoisotopic (exact) mass is 352 g/mol. The van der Waals surface area contributed by atoms with Gasteiger partial charge in [-0.15, -0.1) is 11.3 Å². The Kier molecular flexibility index (Phi) is 3.60. The number of anilines is 1. The van der Waals surface area contributed by atoms with Crippen LogP contribution in [0.4, 0.5) is 5.69 Å². The van der Waals surface area contributed by atoms with Gasteiger partial charge >= 0.3 is 0 Å². The molecule has 1 aromatic carbocycles. The van der Waals surface area contributed by atoms with Gasteiger partial charge in [-0.3, -0.25) is 0 Å². The van der Waals surface area contributed by atoms with Gasteiger partial charge in [-0.25, -0.2) is 0 Å². The third-order valence-corrected chi connectivity index (χ3v) is 5.11.